The zero-order valence-corrected chi connectivity index (χ0v) is 6.41. The molecule has 0 bridgehead atoms. The summed E-state index contributed by atoms with van der Waals surface area (Å²) in [7, 11) is 0. The van der Waals surface area contributed by atoms with Crippen molar-refractivity contribution in [2.24, 2.45) is 0 Å². The Morgan fingerprint density at radius 3 is 1.89 bits per heavy atom. The third-order valence-electron chi connectivity index (χ3n) is 1.47. The van der Waals surface area contributed by atoms with E-state index >= 15 is 0 Å². The number of rotatable bonds is 2. The van der Waals surface area contributed by atoms with Crippen LogP contribution in [0, 0.1) is 5.92 Å². The average molecular weight is 124 g/mol. The van der Waals surface area contributed by atoms with Gasteiger partial charge in [0.15, 0.2) is 0 Å². The molecule has 0 saturated carbocycles. The molecule has 0 aliphatic rings. The lowest BCUT2D eigenvalue weighted by molar-refractivity contribution is 0.561. The standard InChI is InChI=1S/C8H12O/c1-6(2)8(4)7(3)5-9/h1-4H3/q-2. The second-order valence-electron chi connectivity index (χ2n) is 2.35. The molecule has 0 rings (SSSR count). The minimum absolute atomic E-state index is 0.704. The van der Waals surface area contributed by atoms with Gasteiger partial charge in [0.1, 0.15) is 0 Å². The largest absolute Gasteiger partial charge is 0.440 e. The van der Waals surface area contributed by atoms with Gasteiger partial charge in [-0.2, -0.15) is 0 Å². The molecule has 0 radical (unpaired) electrons. The van der Waals surface area contributed by atoms with E-state index in [0.717, 1.165) is 5.57 Å². The summed E-state index contributed by atoms with van der Waals surface area (Å²) < 4.78 is 0. The lowest BCUT2D eigenvalue weighted by atomic mass is 10.0. The van der Waals surface area contributed by atoms with Gasteiger partial charge in [-0.3, -0.25) is 0 Å². The third-order valence-corrected chi connectivity index (χ3v) is 1.47. The highest BCUT2D eigenvalue weighted by molar-refractivity contribution is 5.75. The summed E-state index contributed by atoms with van der Waals surface area (Å²) in [5.74, 6) is 1.18. The molecule has 0 unspecified atom stereocenters. The van der Waals surface area contributed by atoms with Gasteiger partial charge in [0, 0.05) is 0 Å². The van der Waals surface area contributed by atoms with Crippen LogP contribution in [-0.4, -0.2) is 6.29 Å². The molecule has 0 saturated heterocycles. The molecule has 0 aromatic heterocycles. The van der Waals surface area contributed by atoms with Gasteiger partial charge >= 0.3 is 0 Å². The van der Waals surface area contributed by atoms with Crippen LogP contribution in [0.1, 0.15) is 27.7 Å². The monoisotopic (exact) mass is 124 g/mol. The third kappa shape index (κ3) is 2.36. The van der Waals surface area contributed by atoms with Crippen molar-refractivity contribution in [1.82, 2.24) is 0 Å². The quantitative estimate of drug-likeness (QED) is 0.406. The van der Waals surface area contributed by atoms with Crippen LogP contribution in [0.25, 0.3) is 0 Å². The fraction of sp³-hybridized carbons (Fsp3) is 0.500. The highest BCUT2D eigenvalue weighted by Crippen LogP contribution is 2.13. The minimum atomic E-state index is 0.704. The Labute approximate surface area is 56.8 Å². The van der Waals surface area contributed by atoms with Crippen molar-refractivity contribution < 1.29 is 4.79 Å². The summed E-state index contributed by atoms with van der Waals surface area (Å²) in [6.07, 6.45) is 1.85. The fourth-order valence-corrected chi connectivity index (χ4v) is 0.452. The minimum Gasteiger partial charge on any atom is -0.440 e. The van der Waals surface area contributed by atoms with Gasteiger partial charge < -0.3 is 21.9 Å². The van der Waals surface area contributed by atoms with E-state index < -0.39 is 0 Å². The van der Waals surface area contributed by atoms with Gasteiger partial charge in [0.05, 0.1) is 0 Å². The molecular weight excluding hydrogens is 112 g/mol. The van der Waals surface area contributed by atoms with E-state index in [1.807, 2.05) is 27.1 Å². The molecule has 0 fully saturated rings. The van der Waals surface area contributed by atoms with Gasteiger partial charge in [-0.05, 0) is 0 Å². The second-order valence-corrected chi connectivity index (χ2v) is 2.35. The topological polar surface area (TPSA) is 17.1 Å². The van der Waals surface area contributed by atoms with Gasteiger partial charge in [-0.1, -0.05) is 0 Å². The molecular formula is C8H12O-2. The van der Waals surface area contributed by atoms with Crippen LogP contribution in [0.3, 0.4) is 0 Å². The van der Waals surface area contributed by atoms with Crippen molar-refractivity contribution in [2.45, 2.75) is 27.7 Å². The molecule has 0 aromatic carbocycles. The van der Waals surface area contributed by atoms with Gasteiger partial charge in [-0.15, -0.1) is 34.0 Å². The summed E-state index contributed by atoms with van der Waals surface area (Å²) in [4.78, 5) is 10.1. The molecule has 52 valence electrons. The van der Waals surface area contributed by atoms with E-state index in [1.165, 1.54) is 5.92 Å². The molecule has 0 atom stereocenters. The number of hydrogen-bond acceptors (Lipinski definition) is 1. The summed E-state index contributed by atoms with van der Waals surface area (Å²) >= 11 is 0. The highest BCUT2D eigenvalue weighted by Gasteiger charge is 1.75. The Morgan fingerprint density at radius 1 is 1.33 bits per heavy atom. The summed E-state index contributed by atoms with van der Waals surface area (Å²) in [5, 5.41) is 0. The van der Waals surface area contributed by atoms with E-state index in [1.54, 1.807) is 6.92 Å². The first kappa shape index (κ1) is 8.28. The smallest absolute Gasteiger partial charge is 0.110 e. The summed E-state index contributed by atoms with van der Waals surface area (Å²) in [5.41, 5.74) is 1.75. The van der Waals surface area contributed by atoms with Crippen molar-refractivity contribution in [2.75, 3.05) is 0 Å². The SMILES string of the molecule is CC([C-]=O)=C(C)[C-](C)C. The lowest BCUT2D eigenvalue weighted by Gasteiger charge is -2.29. The lowest BCUT2D eigenvalue weighted by Crippen LogP contribution is -1.91. The van der Waals surface area contributed by atoms with Gasteiger partial charge in [-0.25, -0.2) is 0 Å². The first-order valence-electron chi connectivity index (χ1n) is 2.95. The van der Waals surface area contributed by atoms with Crippen LogP contribution in [-0.2, 0) is 4.79 Å². The first-order valence-corrected chi connectivity index (χ1v) is 2.95. The van der Waals surface area contributed by atoms with Crippen molar-refractivity contribution in [3.63, 3.8) is 0 Å². The van der Waals surface area contributed by atoms with E-state index in [4.69, 9.17) is 0 Å². The maximum Gasteiger partial charge on any atom is -0.110 e. The van der Waals surface area contributed by atoms with Crippen molar-refractivity contribution in [3.05, 3.63) is 17.1 Å². The summed E-state index contributed by atoms with van der Waals surface area (Å²) in [6.45, 7) is 7.66. The molecule has 0 aromatic rings. The van der Waals surface area contributed by atoms with Crippen molar-refractivity contribution >= 4 is 6.29 Å². The maximum absolute atomic E-state index is 10.1. The van der Waals surface area contributed by atoms with Crippen LogP contribution in [0.4, 0.5) is 0 Å². The normalized spacial score (nSPS) is 12.4. The zero-order valence-electron chi connectivity index (χ0n) is 6.41. The Morgan fingerprint density at radius 2 is 1.78 bits per heavy atom. The van der Waals surface area contributed by atoms with Crippen LogP contribution in [0.5, 0.6) is 0 Å². The molecule has 1 heteroatoms. The van der Waals surface area contributed by atoms with E-state index in [-0.39, 0.29) is 0 Å². The fourth-order valence-electron chi connectivity index (χ4n) is 0.452. The van der Waals surface area contributed by atoms with Crippen LogP contribution >= 0.6 is 0 Å². The van der Waals surface area contributed by atoms with E-state index in [9.17, 15) is 4.79 Å². The second kappa shape index (κ2) is 3.33. The van der Waals surface area contributed by atoms with E-state index in [2.05, 4.69) is 0 Å². The predicted octanol–water partition coefficient (Wildman–Crippen LogP) is 2.05. The highest BCUT2D eigenvalue weighted by atomic mass is 16.1. The molecule has 0 spiro atoms. The summed E-state index contributed by atoms with van der Waals surface area (Å²) in [6, 6.07) is 0. The predicted molar refractivity (Wildman–Crippen MR) is 38.7 cm³/mol. The Kier molecular flexibility index (Phi) is 3.07. The molecule has 0 aliphatic heterocycles. The van der Waals surface area contributed by atoms with Crippen molar-refractivity contribution in [1.29, 1.82) is 0 Å². The molecule has 0 aliphatic carbocycles. The average Bonchev–Trinajstić information content (AvgIpc) is 1.84. The maximum atomic E-state index is 10.1. The molecule has 0 amide bonds. The number of carbonyl (C=O) groups excluding carboxylic acids is 1. The molecule has 1 nitrogen and oxygen atoms in total. The Bertz CT molecular complexity index is 132. The molecule has 9 heavy (non-hydrogen) atoms. The number of hydrogen-bond donors (Lipinski definition) is 0. The Hall–Kier alpha value is -0.720. The van der Waals surface area contributed by atoms with Crippen LogP contribution in [0.15, 0.2) is 11.1 Å². The Balaban J connectivity index is 4.27. The zero-order chi connectivity index (χ0) is 7.44. The molecule has 0 N–H and O–H groups in total. The first-order chi connectivity index (χ1) is 4.09. The van der Waals surface area contributed by atoms with Crippen LogP contribution < -0.4 is 0 Å². The van der Waals surface area contributed by atoms with Gasteiger partial charge in [0.2, 0.25) is 0 Å². The van der Waals surface area contributed by atoms with E-state index in [0.29, 0.717) is 5.57 Å². The number of allylic oxidation sites excluding steroid dienone is 2. The van der Waals surface area contributed by atoms with Gasteiger partial charge in [0.25, 0.3) is 0 Å². The van der Waals surface area contributed by atoms with Crippen LogP contribution in [0.2, 0.25) is 0 Å². The van der Waals surface area contributed by atoms with Crippen molar-refractivity contribution in [3.8, 4) is 0 Å². The molecule has 0 heterocycles.